The van der Waals surface area contributed by atoms with E-state index in [4.69, 9.17) is 5.73 Å². The first-order valence-electron chi connectivity index (χ1n) is 8.41. The molecule has 0 saturated heterocycles. The van der Waals surface area contributed by atoms with Crippen LogP contribution in [0.2, 0.25) is 0 Å². The van der Waals surface area contributed by atoms with Gasteiger partial charge in [-0.05, 0) is 56.2 Å². The first-order valence-corrected chi connectivity index (χ1v) is 12.5. The molecule has 0 saturated carbocycles. The molecular weight excluding hydrogens is 446 g/mol. The summed E-state index contributed by atoms with van der Waals surface area (Å²) in [5.74, 6) is -0.673. The van der Waals surface area contributed by atoms with Gasteiger partial charge in [0, 0.05) is 16.4 Å². The molecule has 2 aromatic carbocycles. The summed E-state index contributed by atoms with van der Waals surface area (Å²) in [6.45, 7) is 6.33. The van der Waals surface area contributed by atoms with Crippen LogP contribution in [0.15, 0.2) is 36.4 Å². The van der Waals surface area contributed by atoms with Gasteiger partial charge in [-0.2, -0.15) is 0 Å². The lowest BCUT2D eigenvalue weighted by molar-refractivity contribution is 0.601. The molecule has 0 aliphatic rings. The van der Waals surface area contributed by atoms with Crippen molar-refractivity contribution in [2.75, 3.05) is 22.0 Å². The van der Waals surface area contributed by atoms with E-state index in [9.17, 15) is 25.6 Å². The van der Waals surface area contributed by atoms with Crippen molar-refractivity contribution in [3.05, 3.63) is 59.2 Å². The van der Waals surface area contributed by atoms with Crippen LogP contribution in [0.1, 0.15) is 25.0 Å². The third-order valence-electron chi connectivity index (χ3n) is 3.37. The Labute approximate surface area is 175 Å². The Morgan fingerprint density at radius 3 is 1.69 bits per heavy atom. The van der Waals surface area contributed by atoms with Gasteiger partial charge in [-0.3, -0.25) is 4.72 Å². The van der Waals surface area contributed by atoms with E-state index in [0.29, 0.717) is 16.8 Å². The minimum absolute atomic E-state index is 0.00849. The predicted octanol–water partition coefficient (Wildman–Crippen LogP) is 4.19. The molecule has 3 N–H and O–H groups in total. The highest BCUT2D eigenvalue weighted by Gasteiger charge is 2.07. The predicted molar refractivity (Wildman–Crippen MR) is 115 cm³/mol. The van der Waals surface area contributed by atoms with Crippen molar-refractivity contribution in [3.63, 3.8) is 0 Å². The van der Waals surface area contributed by atoms with Crippen molar-refractivity contribution in [2.24, 2.45) is 0 Å². The van der Waals surface area contributed by atoms with Crippen LogP contribution in [-0.4, -0.2) is 28.3 Å². The van der Waals surface area contributed by atoms with E-state index in [-0.39, 0.29) is 23.0 Å². The third-order valence-corrected chi connectivity index (χ3v) is 6.02. The molecule has 0 aromatic heterocycles. The lowest BCUT2D eigenvalue weighted by atomic mass is 10.2. The number of hydrogen-bond acceptors (Lipinski definition) is 5. The van der Waals surface area contributed by atoms with E-state index in [1.807, 2.05) is 0 Å². The minimum Gasteiger partial charge on any atom is -0.399 e. The Bertz CT molecular complexity index is 1010. The Balaban J connectivity index is 0.000000448. The Kier molecular flexibility index (Phi) is 11.2. The summed E-state index contributed by atoms with van der Waals surface area (Å²) in [6, 6.07) is 8.88. The van der Waals surface area contributed by atoms with Crippen LogP contribution >= 0.6 is 10.7 Å². The van der Waals surface area contributed by atoms with Crippen LogP contribution in [-0.2, 0) is 19.1 Å². The average Bonchev–Trinajstić information content (AvgIpc) is 2.62. The largest absolute Gasteiger partial charge is 0.399 e. The van der Waals surface area contributed by atoms with Gasteiger partial charge < -0.3 is 5.73 Å². The third kappa shape index (κ3) is 12.3. The maximum atomic E-state index is 13.0. The number of rotatable bonds is 4. The fourth-order valence-electron chi connectivity index (χ4n) is 1.52. The van der Waals surface area contributed by atoms with Crippen LogP contribution in [0.5, 0.6) is 0 Å². The van der Waals surface area contributed by atoms with Gasteiger partial charge in [0.05, 0.1) is 17.2 Å². The molecule has 2 aromatic rings. The second-order valence-electron chi connectivity index (χ2n) is 5.81. The molecule has 0 unspecified atom stereocenters. The molecule has 0 heterocycles. The first-order chi connectivity index (χ1) is 13.2. The molecule has 0 radical (unpaired) electrons. The monoisotopic (exact) mass is 470 g/mol. The summed E-state index contributed by atoms with van der Waals surface area (Å²) in [4.78, 5) is 0. The molecule has 0 aliphatic heterocycles. The second kappa shape index (κ2) is 11.9. The molecule has 0 fully saturated rings. The second-order valence-corrected chi connectivity index (χ2v) is 10.9. The highest BCUT2D eigenvalue weighted by Crippen LogP contribution is 2.14. The number of benzene rings is 2. The van der Waals surface area contributed by atoms with Gasteiger partial charge in [0.2, 0.25) is 19.1 Å². The molecule has 0 amide bonds. The lowest BCUT2D eigenvalue weighted by Gasteiger charge is -2.06. The molecule has 6 nitrogen and oxygen atoms in total. The van der Waals surface area contributed by atoms with Crippen LogP contribution in [0.4, 0.5) is 20.2 Å². The number of hydrogen-bond donors (Lipinski definition) is 2. The highest BCUT2D eigenvalue weighted by molar-refractivity contribution is 8.13. The Hall–Kier alpha value is -1.91. The number of aryl methyl sites for hydroxylation is 2. The molecular formula is C18H25ClF2N2O4S2. The molecule has 164 valence electrons. The number of nitrogen functional groups attached to an aromatic ring is 1. The van der Waals surface area contributed by atoms with Gasteiger partial charge in [-0.1, -0.05) is 19.1 Å². The fourth-order valence-corrected chi connectivity index (χ4v) is 2.15. The molecule has 2 rings (SSSR count). The topological polar surface area (TPSA) is 106 Å². The van der Waals surface area contributed by atoms with Crippen molar-refractivity contribution in [1.29, 1.82) is 0 Å². The first kappa shape index (κ1) is 27.1. The lowest BCUT2D eigenvalue weighted by Crippen LogP contribution is -2.14. The van der Waals surface area contributed by atoms with Crippen molar-refractivity contribution in [3.8, 4) is 0 Å². The SMILES string of the molecule is CCS(=O)(=O)Cl.CCS(=O)(=O)Nc1ccc(C)c(F)c1.Cc1ccc(N)cc1F. The van der Waals surface area contributed by atoms with Gasteiger partial charge in [-0.25, -0.2) is 25.6 Å². The summed E-state index contributed by atoms with van der Waals surface area (Å²) in [5, 5.41) is 0. The zero-order valence-corrected chi connectivity index (χ0v) is 18.9. The zero-order chi connectivity index (χ0) is 22.8. The number of sulfonamides is 1. The maximum absolute atomic E-state index is 13.0. The average molecular weight is 471 g/mol. The van der Waals surface area contributed by atoms with Gasteiger partial charge in [-0.15, -0.1) is 0 Å². The van der Waals surface area contributed by atoms with Gasteiger partial charge in [0.25, 0.3) is 0 Å². The van der Waals surface area contributed by atoms with Crippen LogP contribution in [0.25, 0.3) is 0 Å². The van der Waals surface area contributed by atoms with Gasteiger partial charge in [0.1, 0.15) is 11.6 Å². The fraction of sp³-hybridized carbons (Fsp3) is 0.333. The van der Waals surface area contributed by atoms with E-state index in [1.54, 1.807) is 26.0 Å². The maximum Gasteiger partial charge on any atom is 0.232 e. The normalized spacial score (nSPS) is 10.9. The Morgan fingerprint density at radius 2 is 1.34 bits per heavy atom. The van der Waals surface area contributed by atoms with E-state index < -0.39 is 24.9 Å². The zero-order valence-electron chi connectivity index (χ0n) is 16.5. The standard InChI is InChI=1S/C9H12FNO2S.C7H8FN.C2H5ClO2S/c1-3-14(12,13)11-8-5-4-7(2)9(10)6-8;1-5-2-3-6(9)4-7(5)8;1-2-6(3,4)5/h4-6,11H,3H2,1-2H3;2-4H,9H2,1H3;2H2,1H3. The molecule has 0 bridgehead atoms. The van der Waals surface area contributed by atoms with Crippen LogP contribution < -0.4 is 10.5 Å². The molecule has 0 spiro atoms. The van der Waals surface area contributed by atoms with E-state index >= 15 is 0 Å². The number of nitrogens with one attached hydrogen (secondary N) is 1. The summed E-state index contributed by atoms with van der Waals surface area (Å²) < 4.78 is 69.6. The highest BCUT2D eigenvalue weighted by atomic mass is 35.7. The van der Waals surface area contributed by atoms with E-state index in [0.717, 1.165) is 0 Å². The number of anilines is 2. The van der Waals surface area contributed by atoms with Crippen molar-refractivity contribution < 1.29 is 25.6 Å². The molecule has 0 aliphatic carbocycles. The number of halogens is 3. The van der Waals surface area contributed by atoms with Gasteiger partial charge in [0.15, 0.2) is 0 Å². The minimum atomic E-state index is -3.32. The van der Waals surface area contributed by atoms with E-state index in [1.165, 1.54) is 38.1 Å². The molecule has 11 heteroatoms. The summed E-state index contributed by atoms with van der Waals surface area (Å²) in [5.41, 5.74) is 7.14. The van der Waals surface area contributed by atoms with Crippen LogP contribution in [0, 0.1) is 25.5 Å². The molecule has 29 heavy (non-hydrogen) atoms. The van der Waals surface area contributed by atoms with Crippen molar-refractivity contribution in [1.82, 2.24) is 0 Å². The van der Waals surface area contributed by atoms with Gasteiger partial charge >= 0.3 is 0 Å². The quantitative estimate of drug-likeness (QED) is 0.514. The molecule has 0 atom stereocenters. The summed E-state index contributed by atoms with van der Waals surface area (Å²) in [7, 11) is -1.82. The van der Waals surface area contributed by atoms with Crippen molar-refractivity contribution >= 4 is 41.1 Å². The van der Waals surface area contributed by atoms with Crippen LogP contribution in [0.3, 0.4) is 0 Å². The van der Waals surface area contributed by atoms with Crippen molar-refractivity contribution in [2.45, 2.75) is 27.7 Å². The smallest absolute Gasteiger partial charge is 0.232 e. The Morgan fingerprint density at radius 1 is 0.897 bits per heavy atom. The summed E-state index contributed by atoms with van der Waals surface area (Å²) in [6.07, 6.45) is 0. The van der Waals surface area contributed by atoms with E-state index in [2.05, 4.69) is 15.4 Å². The summed E-state index contributed by atoms with van der Waals surface area (Å²) >= 11 is 0. The number of nitrogens with two attached hydrogens (primary N) is 1.